The van der Waals surface area contributed by atoms with Crippen molar-refractivity contribution in [3.63, 3.8) is 0 Å². The van der Waals surface area contributed by atoms with E-state index in [1.807, 2.05) is 30.5 Å². The molecule has 1 aliphatic heterocycles. The summed E-state index contributed by atoms with van der Waals surface area (Å²) in [6.45, 7) is 1.11. The Morgan fingerprint density at radius 3 is 2.79 bits per heavy atom. The van der Waals surface area contributed by atoms with Gasteiger partial charge >= 0.3 is 0 Å². The Labute approximate surface area is 115 Å². The van der Waals surface area contributed by atoms with Crippen molar-refractivity contribution >= 4 is 9.39 Å². The van der Waals surface area contributed by atoms with Gasteiger partial charge in [0, 0.05) is 12.1 Å². The average molecular weight is 269 g/mol. The van der Waals surface area contributed by atoms with Crippen LogP contribution in [0.5, 0.6) is 0 Å². The van der Waals surface area contributed by atoms with E-state index in [0.717, 1.165) is 35.6 Å². The first kappa shape index (κ1) is 12.4. The van der Waals surface area contributed by atoms with Gasteiger partial charge in [0.05, 0.1) is 17.9 Å². The van der Waals surface area contributed by atoms with Gasteiger partial charge in [-0.1, -0.05) is 27.4 Å². The van der Waals surface area contributed by atoms with Crippen LogP contribution in [0.4, 0.5) is 0 Å². The summed E-state index contributed by atoms with van der Waals surface area (Å²) in [6.07, 6.45) is 9.65. The van der Waals surface area contributed by atoms with Crippen molar-refractivity contribution in [2.45, 2.75) is 18.9 Å². The van der Waals surface area contributed by atoms with Crippen molar-refractivity contribution in [1.82, 2.24) is 14.6 Å². The van der Waals surface area contributed by atoms with Crippen LogP contribution in [0.25, 0.3) is 11.3 Å². The molecule has 1 unspecified atom stereocenters. The van der Waals surface area contributed by atoms with Gasteiger partial charge in [-0.25, -0.2) is 4.98 Å². The molecule has 1 N–H and O–H groups in total. The topological polar surface area (TPSA) is 31.9 Å². The van der Waals surface area contributed by atoms with Gasteiger partial charge in [0.2, 0.25) is 0 Å². The van der Waals surface area contributed by atoms with E-state index in [2.05, 4.69) is 29.9 Å². The summed E-state index contributed by atoms with van der Waals surface area (Å²) < 4.78 is 2.27. The molecule has 2 heterocycles. The molecule has 2 aromatic rings. The first-order chi connectivity index (χ1) is 9.28. The van der Waals surface area contributed by atoms with Crippen molar-refractivity contribution in [2.24, 2.45) is 0 Å². The number of aromatic nitrogens is 2. The standard InChI is InChI=1S/C15H16N3P/c1-2-11-5-7-12(8-6-11)13-10-16-15(17-13)14-4-3-9-18(14)19/h1,5-8,10,14H,3-4,9,19H2,(H,16,17)/t14-/m0/s1. The lowest BCUT2D eigenvalue weighted by molar-refractivity contribution is 0.434. The number of H-pyrrole nitrogens is 1. The first-order valence-electron chi connectivity index (χ1n) is 6.41. The second kappa shape index (κ2) is 5.17. The lowest BCUT2D eigenvalue weighted by atomic mass is 10.1. The Bertz CT molecular complexity index is 609. The zero-order valence-corrected chi connectivity index (χ0v) is 11.8. The summed E-state index contributed by atoms with van der Waals surface area (Å²) >= 11 is 0. The highest BCUT2D eigenvalue weighted by atomic mass is 31.0. The van der Waals surface area contributed by atoms with Crippen LogP contribution >= 0.6 is 9.39 Å². The maximum absolute atomic E-state index is 5.36. The second-order valence-corrected chi connectivity index (χ2v) is 5.46. The van der Waals surface area contributed by atoms with Crippen LogP contribution in [-0.4, -0.2) is 21.2 Å². The van der Waals surface area contributed by atoms with E-state index >= 15 is 0 Å². The Balaban J connectivity index is 1.86. The van der Waals surface area contributed by atoms with Crippen molar-refractivity contribution in [1.29, 1.82) is 0 Å². The Hall–Kier alpha value is -1.62. The monoisotopic (exact) mass is 269 g/mol. The molecule has 2 atom stereocenters. The van der Waals surface area contributed by atoms with E-state index in [1.165, 1.54) is 6.42 Å². The molecule has 3 nitrogen and oxygen atoms in total. The van der Waals surface area contributed by atoms with Gasteiger partial charge in [-0.2, -0.15) is 0 Å². The molecular formula is C15H16N3P. The van der Waals surface area contributed by atoms with Crippen LogP contribution in [0.2, 0.25) is 0 Å². The molecule has 0 aliphatic carbocycles. The maximum Gasteiger partial charge on any atom is 0.124 e. The SMILES string of the molecule is C#Cc1ccc(-c2cnc([C@@H]3CCCN3P)[nH]2)cc1. The van der Waals surface area contributed by atoms with Gasteiger partial charge in [0.25, 0.3) is 0 Å². The number of terminal acetylenes is 1. The summed E-state index contributed by atoms with van der Waals surface area (Å²) in [5.74, 6) is 3.67. The molecule has 0 amide bonds. The van der Waals surface area contributed by atoms with Gasteiger partial charge in [-0.05, 0) is 30.5 Å². The molecular weight excluding hydrogens is 253 g/mol. The summed E-state index contributed by atoms with van der Waals surface area (Å²) in [5, 5.41) is 0. The second-order valence-electron chi connectivity index (χ2n) is 4.80. The maximum atomic E-state index is 5.36. The van der Waals surface area contributed by atoms with Gasteiger partial charge in [-0.15, -0.1) is 6.42 Å². The molecule has 0 radical (unpaired) electrons. The highest BCUT2D eigenvalue weighted by Crippen LogP contribution is 2.33. The number of aromatic amines is 1. The van der Waals surface area contributed by atoms with E-state index in [4.69, 9.17) is 6.42 Å². The largest absolute Gasteiger partial charge is 0.341 e. The third kappa shape index (κ3) is 2.42. The molecule has 0 spiro atoms. The lowest BCUT2D eigenvalue weighted by Crippen LogP contribution is -2.12. The van der Waals surface area contributed by atoms with Gasteiger partial charge in [0.1, 0.15) is 5.82 Å². The van der Waals surface area contributed by atoms with E-state index in [-0.39, 0.29) is 0 Å². The summed E-state index contributed by atoms with van der Waals surface area (Å²) in [6, 6.07) is 8.35. The fraction of sp³-hybridized carbons (Fsp3) is 0.267. The molecule has 3 rings (SSSR count). The van der Waals surface area contributed by atoms with Gasteiger partial charge < -0.3 is 4.98 Å². The minimum atomic E-state index is 0.392. The fourth-order valence-corrected chi connectivity index (χ4v) is 2.95. The minimum absolute atomic E-state index is 0.392. The number of hydrogen-bond acceptors (Lipinski definition) is 2. The van der Waals surface area contributed by atoms with E-state index in [9.17, 15) is 0 Å². The molecule has 1 aromatic heterocycles. The molecule has 1 aromatic carbocycles. The van der Waals surface area contributed by atoms with Crippen molar-refractivity contribution < 1.29 is 0 Å². The Kier molecular flexibility index (Phi) is 3.38. The number of nitrogens with one attached hydrogen (secondary N) is 1. The predicted octanol–water partition coefficient (Wildman–Crippen LogP) is 2.99. The number of rotatable bonds is 2. The Morgan fingerprint density at radius 2 is 2.16 bits per heavy atom. The molecule has 96 valence electrons. The molecule has 0 bridgehead atoms. The highest BCUT2D eigenvalue weighted by Gasteiger charge is 2.25. The first-order valence-corrected chi connectivity index (χ1v) is 6.93. The smallest absolute Gasteiger partial charge is 0.124 e. The normalized spacial score (nSPS) is 19.5. The van der Waals surface area contributed by atoms with Crippen LogP contribution in [-0.2, 0) is 0 Å². The molecule has 1 saturated heterocycles. The van der Waals surface area contributed by atoms with Crippen LogP contribution in [0.1, 0.15) is 30.3 Å². The summed E-state index contributed by atoms with van der Waals surface area (Å²) in [5.41, 5.74) is 3.06. The zero-order chi connectivity index (χ0) is 13.2. The quantitative estimate of drug-likeness (QED) is 0.671. The zero-order valence-electron chi connectivity index (χ0n) is 10.6. The highest BCUT2D eigenvalue weighted by molar-refractivity contribution is 7.13. The van der Waals surface area contributed by atoms with E-state index < -0.39 is 0 Å². The van der Waals surface area contributed by atoms with Gasteiger partial charge in [-0.3, -0.25) is 4.67 Å². The lowest BCUT2D eigenvalue weighted by Gasteiger charge is -2.16. The number of nitrogens with zero attached hydrogens (tertiary/aromatic N) is 2. The van der Waals surface area contributed by atoms with E-state index in [0.29, 0.717) is 6.04 Å². The van der Waals surface area contributed by atoms with Crippen LogP contribution in [0.15, 0.2) is 30.5 Å². The van der Waals surface area contributed by atoms with E-state index in [1.54, 1.807) is 0 Å². The number of hydrogen-bond donors (Lipinski definition) is 1. The third-order valence-corrected chi connectivity index (χ3v) is 4.19. The van der Waals surface area contributed by atoms with Crippen LogP contribution < -0.4 is 0 Å². The minimum Gasteiger partial charge on any atom is -0.341 e. The summed E-state index contributed by atoms with van der Waals surface area (Å²) in [4.78, 5) is 7.94. The summed E-state index contributed by atoms with van der Waals surface area (Å²) in [7, 11) is 2.79. The molecule has 19 heavy (non-hydrogen) atoms. The predicted molar refractivity (Wildman–Crippen MR) is 80.3 cm³/mol. The number of imidazole rings is 1. The Morgan fingerprint density at radius 1 is 1.37 bits per heavy atom. The van der Waals surface area contributed by atoms with Crippen molar-refractivity contribution in [3.8, 4) is 23.6 Å². The van der Waals surface area contributed by atoms with Crippen molar-refractivity contribution in [2.75, 3.05) is 6.54 Å². The molecule has 4 heteroatoms. The van der Waals surface area contributed by atoms with Crippen molar-refractivity contribution in [3.05, 3.63) is 41.9 Å². The van der Waals surface area contributed by atoms with Gasteiger partial charge in [0.15, 0.2) is 0 Å². The fourth-order valence-electron chi connectivity index (χ4n) is 2.48. The van der Waals surface area contributed by atoms with Crippen LogP contribution in [0, 0.1) is 12.3 Å². The number of benzene rings is 1. The molecule has 1 fully saturated rings. The average Bonchev–Trinajstić information content (AvgIpc) is 3.07. The molecule has 1 aliphatic rings. The van der Waals surface area contributed by atoms with Crippen LogP contribution in [0.3, 0.4) is 0 Å². The third-order valence-electron chi connectivity index (χ3n) is 3.57. The molecule has 0 saturated carbocycles.